The van der Waals surface area contributed by atoms with Crippen LogP contribution in [0.1, 0.15) is 25.0 Å². The second-order valence-electron chi connectivity index (χ2n) is 7.06. The standard InChI is InChI=1S/C23H28O6/c1-4-27-21-12-16(6-8-19(21)24)11-18-17(14-29-23(18)25)10-15-7-9-20(26-3)22(13-15)28-5-2/h6-9,12-13,17-18,24H,4-5,10-11,14H2,1-3H3/t17-,18+/m0/s1. The number of phenolic OH excluding ortho intramolecular Hbond substituents is 1. The third kappa shape index (κ3) is 4.94. The minimum atomic E-state index is -0.244. The lowest BCUT2D eigenvalue weighted by molar-refractivity contribution is -0.141. The summed E-state index contributed by atoms with van der Waals surface area (Å²) in [5, 5.41) is 9.90. The first-order valence-corrected chi connectivity index (χ1v) is 9.96. The van der Waals surface area contributed by atoms with E-state index in [9.17, 15) is 9.90 Å². The van der Waals surface area contributed by atoms with E-state index in [4.69, 9.17) is 18.9 Å². The number of esters is 1. The minimum absolute atomic E-state index is 0.0646. The van der Waals surface area contributed by atoms with Crippen molar-refractivity contribution in [3.8, 4) is 23.0 Å². The molecule has 156 valence electrons. The number of carbonyl (C=O) groups excluding carboxylic acids is 1. The molecule has 3 rings (SSSR count). The quantitative estimate of drug-likeness (QED) is 0.646. The number of cyclic esters (lactones) is 1. The van der Waals surface area contributed by atoms with Gasteiger partial charge in [-0.3, -0.25) is 4.79 Å². The third-order valence-electron chi connectivity index (χ3n) is 5.12. The first kappa shape index (κ1) is 20.8. The molecule has 0 aliphatic carbocycles. The molecule has 1 aliphatic rings. The van der Waals surface area contributed by atoms with Crippen molar-refractivity contribution in [2.75, 3.05) is 26.9 Å². The summed E-state index contributed by atoms with van der Waals surface area (Å²) in [5.41, 5.74) is 2.01. The van der Waals surface area contributed by atoms with Crippen LogP contribution in [0.25, 0.3) is 0 Å². The van der Waals surface area contributed by atoms with Crippen molar-refractivity contribution in [2.45, 2.75) is 26.7 Å². The highest BCUT2D eigenvalue weighted by Crippen LogP contribution is 2.34. The lowest BCUT2D eigenvalue weighted by atomic mass is 9.85. The SMILES string of the molecule is CCOc1cc(C[C@H]2C(=O)OC[C@@H]2Cc2ccc(OC)c(OCC)c2)ccc1O. The van der Waals surface area contributed by atoms with E-state index in [-0.39, 0.29) is 23.6 Å². The van der Waals surface area contributed by atoms with Crippen molar-refractivity contribution in [2.24, 2.45) is 11.8 Å². The van der Waals surface area contributed by atoms with Crippen LogP contribution in [0.4, 0.5) is 0 Å². The van der Waals surface area contributed by atoms with Gasteiger partial charge in [-0.25, -0.2) is 0 Å². The zero-order chi connectivity index (χ0) is 20.8. The molecule has 1 heterocycles. The molecular formula is C23H28O6. The molecule has 0 bridgehead atoms. The fraction of sp³-hybridized carbons (Fsp3) is 0.435. The Morgan fingerprint density at radius 2 is 1.62 bits per heavy atom. The Labute approximate surface area is 171 Å². The first-order chi connectivity index (χ1) is 14.0. The maximum Gasteiger partial charge on any atom is 0.309 e. The number of methoxy groups -OCH3 is 1. The second-order valence-corrected chi connectivity index (χ2v) is 7.06. The molecule has 6 nitrogen and oxygen atoms in total. The van der Waals surface area contributed by atoms with Crippen LogP contribution in [0.15, 0.2) is 36.4 Å². The summed E-state index contributed by atoms with van der Waals surface area (Å²) in [7, 11) is 1.62. The maximum atomic E-state index is 12.4. The minimum Gasteiger partial charge on any atom is -0.504 e. The van der Waals surface area contributed by atoms with E-state index in [0.717, 1.165) is 11.1 Å². The Balaban J connectivity index is 1.76. The van der Waals surface area contributed by atoms with Gasteiger partial charge in [0.05, 0.1) is 32.8 Å². The van der Waals surface area contributed by atoms with E-state index in [1.807, 2.05) is 38.1 Å². The monoisotopic (exact) mass is 400 g/mol. The summed E-state index contributed by atoms with van der Waals surface area (Å²) < 4.78 is 21.8. The molecule has 1 N–H and O–H groups in total. The Kier molecular flexibility index (Phi) is 6.86. The van der Waals surface area contributed by atoms with E-state index in [0.29, 0.717) is 49.9 Å². The van der Waals surface area contributed by atoms with Gasteiger partial charge < -0.3 is 24.1 Å². The predicted molar refractivity (Wildman–Crippen MR) is 109 cm³/mol. The summed E-state index contributed by atoms with van der Waals surface area (Å²) in [6.45, 7) is 5.21. The molecule has 0 spiro atoms. The van der Waals surface area contributed by atoms with Crippen LogP contribution in [0.2, 0.25) is 0 Å². The first-order valence-electron chi connectivity index (χ1n) is 9.96. The van der Waals surface area contributed by atoms with Gasteiger partial charge in [-0.1, -0.05) is 12.1 Å². The van der Waals surface area contributed by atoms with Gasteiger partial charge in [0.25, 0.3) is 0 Å². The number of aromatic hydroxyl groups is 1. The Morgan fingerprint density at radius 1 is 0.966 bits per heavy atom. The van der Waals surface area contributed by atoms with Crippen LogP contribution in [0.5, 0.6) is 23.0 Å². The second kappa shape index (κ2) is 9.54. The third-order valence-corrected chi connectivity index (χ3v) is 5.12. The topological polar surface area (TPSA) is 74.2 Å². The molecule has 0 amide bonds. The summed E-state index contributed by atoms with van der Waals surface area (Å²) in [6.07, 6.45) is 1.25. The largest absolute Gasteiger partial charge is 0.504 e. The van der Waals surface area contributed by atoms with Crippen molar-refractivity contribution >= 4 is 5.97 Å². The van der Waals surface area contributed by atoms with Gasteiger partial charge >= 0.3 is 5.97 Å². The molecular weight excluding hydrogens is 372 g/mol. The number of rotatable bonds is 9. The molecule has 0 aromatic heterocycles. The van der Waals surface area contributed by atoms with E-state index in [1.54, 1.807) is 19.2 Å². The van der Waals surface area contributed by atoms with Crippen LogP contribution in [-0.2, 0) is 22.4 Å². The average molecular weight is 400 g/mol. The van der Waals surface area contributed by atoms with E-state index in [2.05, 4.69) is 0 Å². The molecule has 0 radical (unpaired) electrons. The van der Waals surface area contributed by atoms with Gasteiger partial charge in [-0.15, -0.1) is 0 Å². The Hall–Kier alpha value is -2.89. The average Bonchev–Trinajstić information content (AvgIpc) is 3.05. The van der Waals surface area contributed by atoms with E-state index in [1.165, 1.54) is 0 Å². The highest BCUT2D eigenvalue weighted by atomic mass is 16.5. The Bertz CT molecular complexity index is 847. The van der Waals surface area contributed by atoms with Gasteiger partial charge in [-0.2, -0.15) is 0 Å². The smallest absolute Gasteiger partial charge is 0.309 e. The lowest BCUT2D eigenvalue weighted by Crippen LogP contribution is -2.20. The molecule has 0 unspecified atom stereocenters. The van der Waals surface area contributed by atoms with Crippen molar-refractivity contribution in [3.63, 3.8) is 0 Å². The summed E-state index contributed by atoms with van der Waals surface area (Å²) in [6, 6.07) is 11.1. The van der Waals surface area contributed by atoms with Crippen molar-refractivity contribution in [1.29, 1.82) is 0 Å². The van der Waals surface area contributed by atoms with Gasteiger partial charge in [0.1, 0.15) is 0 Å². The fourth-order valence-electron chi connectivity index (χ4n) is 3.69. The van der Waals surface area contributed by atoms with Crippen molar-refractivity contribution in [3.05, 3.63) is 47.5 Å². The number of hydrogen-bond donors (Lipinski definition) is 1. The van der Waals surface area contributed by atoms with Crippen LogP contribution in [-0.4, -0.2) is 38.0 Å². The highest BCUT2D eigenvalue weighted by molar-refractivity contribution is 5.75. The van der Waals surface area contributed by atoms with Crippen LogP contribution in [0.3, 0.4) is 0 Å². The molecule has 2 aromatic rings. The number of benzene rings is 2. The maximum absolute atomic E-state index is 12.4. The van der Waals surface area contributed by atoms with E-state index < -0.39 is 0 Å². The molecule has 1 saturated heterocycles. The molecule has 2 aromatic carbocycles. The molecule has 6 heteroatoms. The zero-order valence-corrected chi connectivity index (χ0v) is 17.1. The fourth-order valence-corrected chi connectivity index (χ4v) is 3.69. The number of ether oxygens (including phenoxy) is 4. The van der Waals surface area contributed by atoms with Gasteiger partial charge in [0, 0.05) is 5.92 Å². The summed E-state index contributed by atoms with van der Waals surface area (Å²) in [5.74, 6) is 1.57. The highest BCUT2D eigenvalue weighted by Gasteiger charge is 2.37. The molecule has 2 atom stereocenters. The number of hydrogen-bond acceptors (Lipinski definition) is 6. The number of phenols is 1. The Morgan fingerprint density at radius 3 is 2.34 bits per heavy atom. The van der Waals surface area contributed by atoms with Crippen LogP contribution < -0.4 is 14.2 Å². The van der Waals surface area contributed by atoms with Crippen LogP contribution >= 0.6 is 0 Å². The van der Waals surface area contributed by atoms with Crippen molar-refractivity contribution in [1.82, 2.24) is 0 Å². The van der Waals surface area contributed by atoms with Gasteiger partial charge in [-0.05, 0) is 62.1 Å². The summed E-state index contributed by atoms with van der Waals surface area (Å²) in [4.78, 5) is 12.4. The molecule has 0 saturated carbocycles. The molecule has 1 aliphatic heterocycles. The van der Waals surface area contributed by atoms with Gasteiger partial charge in [0.15, 0.2) is 23.0 Å². The van der Waals surface area contributed by atoms with Crippen LogP contribution in [0, 0.1) is 11.8 Å². The molecule has 29 heavy (non-hydrogen) atoms. The predicted octanol–water partition coefficient (Wildman–Crippen LogP) is 3.77. The van der Waals surface area contributed by atoms with Gasteiger partial charge in [0.2, 0.25) is 0 Å². The molecule has 1 fully saturated rings. The normalized spacial score (nSPS) is 18.4. The summed E-state index contributed by atoms with van der Waals surface area (Å²) >= 11 is 0. The number of carbonyl (C=O) groups is 1. The zero-order valence-electron chi connectivity index (χ0n) is 17.1. The lowest BCUT2D eigenvalue weighted by Gasteiger charge is -2.17. The van der Waals surface area contributed by atoms with Crippen molar-refractivity contribution < 1.29 is 28.8 Å². The van der Waals surface area contributed by atoms with E-state index >= 15 is 0 Å².